The molecule has 1 aromatic carbocycles. The molecule has 1 N–H and O–H groups in total. The largest absolute Gasteiger partial charge is 0.444 e. The summed E-state index contributed by atoms with van der Waals surface area (Å²) in [7, 11) is 0. The third kappa shape index (κ3) is 4.84. The van der Waals surface area contributed by atoms with E-state index < -0.39 is 11.6 Å². The standard InChI is InChI=1S/C24H34N6O3S/c1-24(2,3)33-23(32)30-15-17(14-20(30)21(31)29-12-13-34-16-29)27-8-10-28(11-9-27)22-25-18-6-4-5-7-19(18)26-22/h4-7,17,20H,8-16H2,1-3H3,(H,25,26)/t17-,20-/m0/s1. The number of aromatic amines is 1. The zero-order valence-electron chi connectivity index (χ0n) is 20.2. The van der Waals surface area contributed by atoms with E-state index in [2.05, 4.69) is 14.8 Å². The van der Waals surface area contributed by atoms with E-state index in [4.69, 9.17) is 9.72 Å². The monoisotopic (exact) mass is 486 g/mol. The number of H-pyrrole nitrogens is 1. The van der Waals surface area contributed by atoms with Crippen molar-refractivity contribution in [3.05, 3.63) is 24.3 Å². The molecule has 3 aliphatic rings. The minimum Gasteiger partial charge on any atom is -0.444 e. The van der Waals surface area contributed by atoms with Gasteiger partial charge in [-0.25, -0.2) is 9.78 Å². The van der Waals surface area contributed by atoms with Gasteiger partial charge in [0.25, 0.3) is 0 Å². The summed E-state index contributed by atoms with van der Waals surface area (Å²) in [4.78, 5) is 42.7. The maximum Gasteiger partial charge on any atom is 0.411 e. The number of likely N-dealkylation sites (tertiary alicyclic amines) is 1. The number of carbonyl (C=O) groups is 2. The van der Waals surface area contributed by atoms with E-state index >= 15 is 0 Å². The molecule has 0 aliphatic carbocycles. The van der Waals surface area contributed by atoms with Crippen LogP contribution in [0, 0.1) is 0 Å². The maximum atomic E-state index is 13.3. The zero-order chi connectivity index (χ0) is 23.9. The number of anilines is 1. The number of imidazole rings is 1. The van der Waals surface area contributed by atoms with Crippen LogP contribution in [0.15, 0.2) is 24.3 Å². The molecule has 0 saturated carbocycles. The van der Waals surface area contributed by atoms with Gasteiger partial charge >= 0.3 is 6.09 Å². The van der Waals surface area contributed by atoms with Crippen LogP contribution in [0.1, 0.15) is 27.2 Å². The Hall–Kier alpha value is -2.46. The number of thioether (sulfide) groups is 1. The lowest BCUT2D eigenvalue weighted by Gasteiger charge is -2.37. The van der Waals surface area contributed by atoms with Crippen LogP contribution >= 0.6 is 11.8 Å². The molecule has 184 valence electrons. The van der Waals surface area contributed by atoms with E-state index in [0.717, 1.165) is 55.5 Å². The number of nitrogens with one attached hydrogen (secondary N) is 1. The van der Waals surface area contributed by atoms with Crippen LogP contribution < -0.4 is 4.90 Å². The second kappa shape index (κ2) is 9.30. The van der Waals surface area contributed by atoms with Crippen molar-refractivity contribution in [1.29, 1.82) is 0 Å². The highest BCUT2D eigenvalue weighted by atomic mass is 32.2. The van der Waals surface area contributed by atoms with Crippen LogP contribution in [0.5, 0.6) is 0 Å². The van der Waals surface area contributed by atoms with Crippen molar-refractivity contribution < 1.29 is 14.3 Å². The van der Waals surface area contributed by atoms with E-state index in [1.807, 2.05) is 49.9 Å². The van der Waals surface area contributed by atoms with Gasteiger partial charge in [-0.2, -0.15) is 0 Å². The first-order valence-corrected chi connectivity index (χ1v) is 13.2. The van der Waals surface area contributed by atoms with Crippen molar-refractivity contribution in [2.45, 2.75) is 44.9 Å². The SMILES string of the molecule is CC(C)(C)OC(=O)N1C[C@@H](N2CCN(c3nc4ccccc4[nH]3)CC2)C[C@H]1C(=O)N1CCSC1. The molecule has 4 heterocycles. The van der Waals surface area contributed by atoms with Gasteiger partial charge in [-0.05, 0) is 39.3 Å². The van der Waals surface area contributed by atoms with Crippen LogP contribution in [0.2, 0.25) is 0 Å². The lowest BCUT2D eigenvalue weighted by atomic mass is 10.1. The molecule has 3 fully saturated rings. The minimum atomic E-state index is -0.593. The van der Waals surface area contributed by atoms with Crippen molar-refractivity contribution in [3.8, 4) is 0 Å². The maximum absolute atomic E-state index is 13.3. The van der Waals surface area contributed by atoms with Gasteiger partial charge in [0.15, 0.2) is 0 Å². The summed E-state index contributed by atoms with van der Waals surface area (Å²) in [6.07, 6.45) is 0.269. The second-order valence-corrected chi connectivity index (χ2v) is 11.4. The average molecular weight is 487 g/mol. The van der Waals surface area contributed by atoms with Gasteiger partial charge in [-0.1, -0.05) is 12.1 Å². The quantitative estimate of drug-likeness (QED) is 0.714. The molecule has 2 atom stereocenters. The third-order valence-corrected chi connectivity index (χ3v) is 7.73. The number of ether oxygens (including phenoxy) is 1. The zero-order valence-corrected chi connectivity index (χ0v) is 21.0. The van der Waals surface area contributed by atoms with E-state index in [1.165, 1.54) is 0 Å². The van der Waals surface area contributed by atoms with Gasteiger partial charge in [0.05, 0.1) is 16.9 Å². The van der Waals surface area contributed by atoms with Crippen molar-refractivity contribution in [3.63, 3.8) is 0 Å². The Balaban J connectivity index is 1.26. The summed E-state index contributed by atoms with van der Waals surface area (Å²) in [5.74, 6) is 2.62. The molecule has 3 aliphatic heterocycles. The smallest absolute Gasteiger partial charge is 0.411 e. The van der Waals surface area contributed by atoms with E-state index in [-0.39, 0.29) is 18.0 Å². The predicted molar refractivity (Wildman–Crippen MR) is 134 cm³/mol. The molecule has 34 heavy (non-hydrogen) atoms. The number of nitrogens with zero attached hydrogens (tertiary/aromatic N) is 5. The van der Waals surface area contributed by atoms with Gasteiger partial charge in [-0.15, -0.1) is 11.8 Å². The number of hydrogen-bond acceptors (Lipinski definition) is 7. The fraction of sp³-hybridized carbons (Fsp3) is 0.625. The summed E-state index contributed by atoms with van der Waals surface area (Å²) >= 11 is 1.76. The lowest BCUT2D eigenvalue weighted by Crippen LogP contribution is -2.51. The van der Waals surface area contributed by atoms with Crippen molar-refractivity contribution in [1.82, 2.24) is 24.7 Å². The second-order valence-electron chi connectivity index (χ2n) is 10.3. The molecule has 0 unspecified atom stereocenters. The first-order chi connectivity index (χ1) is 16.3. The van der Waals surface area contributed by atoms with Gasteiger partial charge < -0.3 is 19.5 Å². The van der Waals surface area contributed by atoms with E-state index in [0.29, 0.717) is 18.8 Å². The number of amides is 2. The Morgan fingerprint density at radius 3 is 2.56 bits per heavy atom. The van der Waals surface area contributed by atoms with Gasteiger partial charge in [0, 0.05) is 51.1 Å². The summed E-state index contributed by atoms with van der Waals surface area (Å²) in [6.45, 7) is 10.3. The summed E-state index contributed by atoms with van der Waals surface area (Å²) < 4.78 is 5.68. The van der Waals surface area contributed by atoms with E-state index in [1.54, 1.807) is 16.7 Å². The van der Waals surface area contributed by atoms with Crippen LogP contribution in [-0.2, 0) is 9.53 Å². The van der Waals surface area contributed by atoms with Crippen molar-refractivity contribution >= 4 is 40.7 Å². The Morgan fingerprint density at radius 2 is 1.88 bits per heavy atom. The number of para-hydroxylation sites is 2. The van der Waals surface area contributed by atoms with Crippen LogP contribution in [0.3, 0.4) is 0 Å². The number of aromatic nitrogens is 2. The molecule has 1 aromatic heterocycles. The van der Waals surface area contributed by atoms with Gasteiger partial charge in [0.1, 0.15) is 11.6 Å². The van der Waals surface area contributed by atoms with Gasteiger partial charge in [0.2, 0.25) is 11.9 Å². The first kappa shape index (κ1) is 23.3. The molecule has 10 heteroatoms. The number of rotatable bonds is 3. The molecule has 0 spiro atoms. The fourth-order valence-corrected chi connectivity index (χ4v) is 5.98. The highest BCUT2D eigenvalue weighted by Crippen LogP contribution is 2.29. The molecular weight excluding hydrogens is 452 g/mol. The molecule has 3 saturated heterocycles. The van der Waals surface area contributed by atoms with Gasteiger partial charge in [-0.3, -0.25) is 14.6 Å². The fourth-order valence-electron chi connectivity index (χ4n) is 5.02. The Bertz CT molecular complexity index is 1010. The third-order valence-electron chi connectivity index (χ3n) is 6.76. The van der Waals surface area contributed by atoms with E-state index in [9.17, 15) is 9.59 Å². The lowest BCUT2D eigenvalue weighted by molar-refractivity contribution is -0.134. The number of piperazine rings is 1. The topological polar surface area (TPSA) is 85.0 Å². The summed E-state index contributed by atoms with van der Waals surface area (Å²) in [6, 6.07) is 7.77. The Morgan fingerprint density at radius 1 is 1.12 bits per heavy atom. The molecule has 0 radical (unpaired) electrons. The summed E-state index contributed by atoms with van der Waals surface area (Å²) in [5, 5.41) is 0. The van der Waals surface area contributed by atoms with Crippen molar-refractivity contribution in [2.24, 2.45) is 0 Å². The molecular formula is C24H34N6O3S. The summed E-state index contributed by atoms with van der Waals surface area (Å²) in [5.41, 5.74) is 1.43. The highest BCUT2D eigenvalue weighted by Gasteiger charge is 2.45. The van der Waals surface area contributed by atoms with Crippen LogP contribution in [0.25, 0.3) is 11.0 Å². The Labute approximate surface area is 204 Å². The van der Waals surface area contributed by atoms with Crippen molar-refractivity contribution in [2.75, 3.05) is 55.8 Å². The molecule has 2 amide bonds. The minimum absolute atomic E-state index is 0.0549. The molecule has 0 bridgehead atoms. The molecule has 5 rings (SSSR count). The molecule has 9 nitrogen and oxygen atoms in total. The highest BCUT2D eigenvalue weighted by molar-refractivity contribution is 7.99. The predicted octanol–water partition coefficient (Wildman–Crippen LogP) is 2.60. The number of hydrogen-bond donors (Lipinski definition) is 1. The number of fused-ring (bicyclic) bond motifs is 1. The first-order valence-electron chi connectivity index (χ1n) is 12.1. The average Bonchev–Trinajstić information content (AvgIpc) is 3.57. The molecule has 2 aromatic rings. The van der Waals surface area contributed by atoms with Crippen LogP contribution in [-0.4, -0.2) is 105 Å². The van der Waals surface area contributed by atoms with Crippen LogP contribution in [0.4, 0.5) is 10.7 Å². The number of benzene rings is 1. The number of carbonyl (C=O) groups excluding carboxylic acids is 2. The normalized spacial score (nSPS) is 24.3. The Kier molecular flexibility index (Phi) is 6.37.